The maximum atomic E-state index is 12.2. The van der Waals surface area contributed by atoms with E-state index < -0.39 is 36.0 Å². The molecule has 0 aliphatic heterocycles. The Bertz CT molecular complexity index is 547. The van der Waals surface area contributed by atoms with E-state index in [1.54, 1.807) is 30.3 Å². The van der Waals surface area contributed by atoms with Gasteiger partial charge in [0.2, 0.25) is 11.8 Å². The lowest BCUT2D eigenvalue weighted by molar-refractivity contribution is -0.142. The lowest BCUT2D eigenvalue weighted by Gasteiger charge is -2.23. The molecule has 0 saturated heterocycles. The summed E-state index contributed by atoms with van der Waals surface area (Å²) in [6.45, 7) is 0.969. The van der Waals surface area contributed by atoms with Crippen LogP contribution in [0.2, 0.25) is 0 Å². The predicted octanol–water partition coefficient (Wildman–Crippen LogP) is -1.38. The van der Waals surface area contributed by atoms with Crippen LogP contribution in [0, 0.1) is 0 Å². The molecule has 2 amide bonds. The Balaban J connectivity index is 2.79. The molecule has 0 radical (unpaired) electrons. The first kappa shape index (κ1) is 18.6. The van der Waals surface area contributed by atoms with Gasteiger partial charge in [0.05, 0.1) is 12.6 Å². The van der Waals surface area contributed by atoms with Crippen molar-refractivity contribution in [1.82, 2.24) is 10.6 Å². The van der Waals surface area contributed by atoms with Gasteiger partial charge in [-0.05, 0) is 12.5 Å². The van der Waals surface area contributed by atoms with Crippen molar-refractivity contribution < 1.29 is 24.6 Å². The number of hydrogen-bond donors (Lipinski definition) is 5. The predicted molar refractivity (Wildman–Crippen MR) is 82.4 cm³/mol. The number of nitrogens with two attached hydrogens (primary N) is 1. The highest BCUT2D eigenvalue weighted by Crippen LogP contribution is 2.04. The number of rotatable bonds is 8. The summed E-state index contributed by atoms with van der Waals surface area (Å²) in [6.07, 6.45) is -1.11. The van der Waals surface area contributed by atoms with Crippen molar-refractivity contribution in [3.8, 4) is 0 Å². The topological polar surface area (TPSA) is 142 Å². The summed E-state index contributed by atoms with van der Waals surface area (Å²) in [6, 6.07) is 6.34. The van der Waals surface area contributed by atoms with Crippen LogP contribution in [-0.2, 0) is 20.8 Å². The second kappa shape index (κ2) is 8.86. The van der Waals surface area contributed by atoms with E-state index in [0.717, 1.165) is 5.56 Å². The fourth-order valence-corrected chi connectivity index (χ4v) is 1.95. The monoisotopic (exact) mass is 323 g/mol. The number of carboxylic acids is 1. The summed E-state index contributed by atoms with van der Waals surface area (Å²) in [7, 11) is 0. The van der Waals surface area contributed by atoms with Gasteiger partial charge in [-0.25, -0.2) is 4.79 Å². The molecule has 0 aliphatic rings. The minimum Gasteiger partial charge on any atom is -0.480 e. The first-order valence-electron chi connectivity index (χ1n) is 7.09. The number of amides is 2. The average Bonchev–Trinajstić information content (AvgIpc) is 2.52. The van der Waals surface area contributed by atoms with E-state index in [4.69, 9.17) is 5.73 Å². The normalized spacial score (nSPS) is 14.4. The van der Waals surface area contributed by atoms with E-state index in [1.165, 1.54) is 6.92 Å². The molecule has 3 unspecified atom stereocenters. The fraction of sp³-hybridized carbons (Fsp3) is 0.400. The van der Waals surface area contributed by atoms with Crippen LogP contribution in [0.4, 0.5) is 0 Å². The Hall–Kier alpha value is -2.45. The number of nitrogens with one attached hydrogen (secondary N) is 2. The van der Waals surface area contributed by atoms with Crippen molar-refractivity contribution in [2.75, 3.05) is 6.54 Å². The molecule has 126 valence electrons. The van der Waals surface area contributed by atoms with Crippen LogP contribution < -0.4 is 16.4 Å². The molecule has 0 aromatic heterocycles. The van der Waals surface area contributed by atoms with Gasteiger partial charge in [-0.15, -0.1) is 0 Å². The van der Waals surface area contributed by atoms with E-state index in [-0.39, 0.29) is 13.0 Å². The average molecular weight is 323 g/mol. The second-order valence-electron chi connectivity index (χ2n) is 5.08. The smallest absolute Gasteiger partial charge is 0.326 e. The molecule has 1 rings (SSSR count). The summed E-state index contributed by atoms with van der Waals surface area (Å²) in [4.78, 5) is 34.8. The Morgan fingerprint density at radius 2 is 1.78 bits per heavy atom. The highest BCUT2D eigenvalue weighted by Gasteiger charge is 2.29. The Morgan fingerprint density at radius 1 is 1.17 bits per heavy atom. The van der Waals surface area contributed by atoms with Gasteiger partial charge in [-0.2, -0.15) is 0 Å². The van der Waals surface area contributed by atoms with Crippen molar-refractivity contribution >= 4 is 17.8 Å². The quantitative estimate of drug-likeness (QED) is 0.399. The molecule has 0 aliphatic carbocycles. The van der Waals surface area contributed by atoms with Crippen molar-refractivity contribution in [3.63, 3.8) is 0 Å². The largest absolute Gasteiger partial charge is 0.480 e. The fourth-order valence-electron chi connectivity index (χ4n) is 1.95. The molecule has 1 aromatic rings. The molecule has 6 N–H and O–H groups in total. The number of aliphatic carboxylic acids is 1. The minimum absolute atomic E-state index is 0.0826. The molecule has 0 fully saturated rings. The zero-order valence-electron chi connectivity index (χ0n) is 12.7. The van der Waals surface area contributed by atoms with Gasteiger partial charge in [0.1, 0.15) is 12.1 Å². The standard InChI is InChI=1S/C15H21N3O5/c1-9(19)13(18-12(20)8-16)14(21)17-11(15(22)23)7-10-5-3-2-4-6-10/h2-6,9,11,13,19H,7-8,16H2,1H3,(H,17,21)(H,18,20)(H,22,23). The maximum Gasteiger partial charge on any atom is 0.326 e. The zero-order chi connectivity index (χ0) is 17.4. The Morgan fingerprint density at radius 3 is 2.26 bits per heavy atom. The van der Waals surface area contributed by atoms with Crippen molar-refractivity contribution in [2.24, 2.45) is 5.73 Å². The van der Waals surface area contributed by atoms with E-state index in [9.17, 15) is 24.6 Å². The van der Waals surface area contributed by atoms with Crippen LogP contribution >= 0.6 is 0 Å². The summed E-state index contributed by atoms with van der Waals surface area (Å²) in [5, 5.41) is 23.4. The van der Waals surface area contributed by atoms with Gasteiger partial charge in [-0.1, -0.05) is 30.3 Å². The number of carbonyl (C=O) groups is 3. The third kappa shape index (κ3) is 6.05. The van der Waals surface area contributed by atoms with Gasteiger partial charge in [0.15, 0.2) is 0 Å². The summed E-state index contributed by atoms with van der Waals surface area (Å²) in [5.74, 6) is -2.62. The number of hydrogen-bond acceptors (Lipinski definition) is 5. The third-order valence-electron chi connectivity index (χ3n) is 3.16. The molecule has 8 nitrogen and oxygen atoms in total. The second-order valence-corrected chi connectivity index (χ2v) is 5.08. The molecule has 1 aromatic carbocycles. The van der Waals surface area contributed by atoms with E-state index >= 15 is 0 Å². The molecule has 23 heavy (non-hydrogen) atoms. The lowest BCUT2D eigenvalue weighted by atomic mass is 10.0. The Labute approximate surface area is 133 Å². The summed E-state index contributed by atoms with van der Waals surface area (Å²) in [5.41, 5.74) is 5.89. The number of carboxylic acid groups (broad SMARTS) is 1. The number of aliphatic hydroxyl groups excluding tert-OH is 1. The highest BCUT2D eigenvalue weighted by molar-refractivity contribution is 5.91. The van der Waals surface area contributed by atoms with Crippen LogP contribution in [0.5, 0.6) is 0 Å². The van der Waals surface area contributed by atoms with Crippen LogP contribution in [0.3, 0.4) is 0 Å². The number of benzene rings is 1. The molecule has 0 heterocycles. The Kier molecular flexibility index (Phi) is 7.17. The van der Waals surface area contributed by atoms with Crippen LogP contribution in [0.15, 0.2) is 30.3 Å². The van der Waals surface area contributed by atoms with E-state index in [0.29, 0.717) is 0 Å². The molecule has 3 atom stereocenters. The van der Waals surface area contributed by atoms with Crippen LogP contribution in [0.25, 0.3) is 0 Å². The minimum atomic E-state index is -1.27. The molecule has 0 bridgehead atoms. The van der Waals surface area contributed by atoms with Crippen LogP contribution in [0.1, 0.15) is 12.5 Å². The number of aliphatic hydroxyl groups is 1. The molecular formula is C15H21N3O5. The van der Waals surface area contributed by atoms with Gasteiger partial charge < -0.3 is 26.6 Å². The lowest BCUT2D eigenvalue weighted by Crippen LogP contribution is -2.56. The molecule has 8 heteroatoms. The zero-order valence-corrected chi connectivity index (χ0v) is 12.7. The van der Waals surface area contributed by atoms with Gasteiger partial charge in [0, 0.05) is 6.42 Å². The maximum absolute atomic E-state index is 12.2. The molecule has 0 spiro atoms. The first-order valence-corrected chi connectivity index (χ1v) is 7.09. The van der Waals surface area contributed by atoms with Crippen molar-refractivity contribution in [1.29, 1.82) is 0 Å². The summed E-state index contributed by atoms with van der Waals surface area (Å²) < 4.78 is 0. The third-order valence-corrected chi connectivity index (χ3v) is 3.16. The van der Waals surface area contributed by atoms with Crippen molar-refractivity contribution in [2.45, 2.75) is 31.5 Å². The number of carbonyl (C=O) groups excluding carboxylic acids is 2. The molecular weight excluding hydrogens is 302 g/mol. The van der Waals surface area contributed by atoms with E-state index in [2.05, 4.69) is 10.6 Å². The van der Waals surface area contributed by atoms with Gasteiger partial charge >= 0.3 is 5.97 Å². The van der Waals surface area contributed by atoms with E-state index in [1.807, 2.05) is 0 Å². The van der Waals surface area contributed by atoms with Crippen LogP contribution in [-0.4, -0.2) is 52.7 Å². The first-order chi connectivity index (χ1) is 10.8. The molecule has 0 saturated carbocycles. The van der Waals surface area contributed by atoms with Crippen molar-refractivity contribution in [3.05, 3.63) is 35.9 Å². The summed E-state index contributed by atoms with van der Waals surface area (Å²) >= 11 is 0. The van der Waals surface area contributed by atoms with Gasteiger partial charge in [0.25, 0.3) is 0 Å². The SMILES string of the molecule is CC(O)C(NC(=O)CN)C(=O)NC(Cc1ccccc1)C(=O)O. The van der Waals surface area contributed by atoms with Gasteiger partial charge in [-0.3, -0.25) is 9.59 Å². The highest BCUT2D eigenvalue weighted by atomic mass is 16.4.